The van der Waals surface area contributed by atoms with E-state index in [1.54, 1.807) is 4.90 Å². The molecule has 3 aromatic rings. The maximum absolute atomic E-state index is 13.1. The molecule has 52 heavy (non-hydrogen) atoms. The number of piperidine rings is 2. The van der Waals surface area contributed by atoms with Gasteiger partial charge in [0.05, 0.1) is 12.7 Å². The van der Waals surface area contributed by atoms with Crippen molar-refractivity contribution < 1.29 is 24.2 Å². The molecule has 0 bridgehead atoms. The molecule has 3 atom stereocenters. The zero-order chi connectivity index (χ0) is 35.3. The molecule has 1 aliphatic carbocycles. The lowest BCUT2D eigenvalue weighted by Gasteiger charge is -2.40. The van der Waals surface area contributed by atoms with Gasteiger partial charge in [-0.15, -0.1) is 0 Å². The highest BCUT2D eigenvalue weighted by Crippen LogP contribution is 2.44. The molecule has 0 spiro atoms. The zero-order valence-electron chi connectivity index (χ0n) is 29.8. The lowest BCUT2D eigenvalue weighted by molar-refractivity contribution is -0.136. The first-order valence-electron chi connectivity index (χ1n) is 19.4. The second-order valence-electron chi connectivity index (χ2n) is 15.9. The number of carbonyl (C=O) groups excluding carboxylic acids is 3. The SMILES string of the molecule is O=C1CC[C@H](N2Cc3cc(N4CCN(CC5CCN(c6ccc([C@@H]7c8ccc(O)cc8CO[C@@H]7CC7CC7)cc6)CC5)CC4)ccc3C2=O)C(=O)N1. The van der Waals surface area contributed by atoms with Crippen LogP contribution in [0.2, 0.25) is 0 Å². The Balaban J connectivity index is 0.765. The topological polar surface area (TPSA) is 106 Å². The van der Waals surface area contributed by atoms with Gasteiger partial charge in [-0.25, -0.2) is 0 Å². The fraction of sp³-hybridized carbons (Fsp3) is 0.500. The monoisotopic (exact) mass is 703 g/mol. The lowest BCUT2D eigenvalue weighted by Crippen LogP contribution is -2.52. The van der Waals surface area contributed by atoms with Crippen molar-refractivity contribution in [3.63, 3.8) is 0 Å². The van der Waals surface area contributed by atoms with Crippen LogP contribution in [0, 0.1) is 11.8 Å². The van der Waals surface area contributed by atoms with E-state index >= 15 is 0 Å². The van der Waals surface area contributed by atoms with E-state index in [-0.39, 0.29) is 36.2 Å². The number of hydrogen-bond donors (Lipinski definition) is 2. The number of amides is 3. The van der Waals surface area contributed by atoms with Crippen molar-refractivity contribution in [1.29, 1.82) is 0 Å². The van der Waals surface area contributed by atoms with Gasteiger partial charge in [-0.2, -0.15) is 0 Å². The third-order valence-electron chi connectivity index (χ3n) is 12.5. The fourth-order valence-corrected chi connectivity index (χ4v) is 9.37. The average Bonchev–Trinajstić information content (AvgIpc) is 3.92. The summed E-state index contributed by atoms with van der Waals surface area (Å²) in [5.41, 5.74) is 7.76. The summed E-state index contributed by atoms with van der Waals surface area (Å²) in [6.07, 6.45) is 6.96. The van der Waals surface area contributed by atoms with Crippen molar-refractivity contribution in [1.82, 2.24) is 15.1 Å². The van der Waals surface area contributed by atoms with Gasteiger partial charge in [0, 0.05) is 81.6 Å². The number of fused-ring (bicyclic) bond motifs is 2. The number of phenols is 1. The van der Waals surface area contributed by atoms with Gasteiger partial charge in [0.1, 0.15) is 11.8 Å². The summed E-state index contributed by atoms with van der Waals surface area (Å²) in [6, 6.07) is 20.5. The first kappa shape index (κ1) is 33.4. The number of nitrogens with zero attached hydrogens (tertiary/aromatic N) is 4. The molecule has 2 N–H and O–H groups in total. The number of nitrogens with one attached hydrogen (secondary N) is 1. The summed E-state index contributed by atoms with van der Waals surface area (Å²) in [5, 5.41) is 12.5. The Hall–Kier alpha value is -4.41. The van der Waals surface area contributed by atoms with Crippen LogP contribution in [0.5, 0.6) is 5.75 Å². The van der Waals surface area contributed by atoms with Crippen molar-refractivity contribution in [2.75, 3.05) is 55.6 Å². The Bertz CT molecular complexity index is 1840. The van der Waals surface area contributed by atoms with Crippen LogP contribution in [0.3, 0.4) is 0 Å². The molecule has 0 unspecified atom stereocenters. The highest BCUT2D eigenvalue weighted by Gasteiger charge is 2.40. The molecule has 3 amide bonds. The van der Waals surface area contributed by atoms with E-state index < -0.39 is 6.04 Å². The Morgan fingerprint density at radius 3 is 2.25 bits per heavy atom. The summed E-state index contributed by atoms with van der Waals surface area (Å²) in [5.74, 6) is 1.23. The van der Waals surface area contributed by atoms with E-state index in [0.29, 0.717) is 36.8 Å². The molecular weight excluding hydrogens is 654 g/mol. The minimum atomic E-state index is -0.584. The van der Waals surface area contributed by atoms with Crippen molar-refractivity contribution in [3.8, 4) is 5.75 Å². The normalized spacial score (nSPS) is 25.7. The van der Waals surface area contributed by atoms with Crippen LogP contribution >= 0.6 is 0 Å². The summed E-state index contributed by atoms with van der Waals surface area (Å²) >= 11 is 0. The van der Waals surface area contributed by atoms with E-state index in [1.165, 1.54) is 42.5 Å². The van der Waals surface area contributed by atoms with Crippen LogP contribution in [0.1, 0.15) is 83.5 Å². The maximum Gasteiger partial charge on any atom is 0.255 e. The van der Waals surface area contributed by atoms with Crippen molar-refractivity contribution in [2.45, 2.75) is 76.2 Å². The van der Waals surface area contributed by atoms with Crippen molar-refractivity contribution in [3.05, 3.63) is 88.5 Å². The van der Waals surface area contributed by atoms with Gasteiger partial charge in [-0.05, 0) is 102 Å². The van der Waals surface area contributed by atoms with Crippen LogP contribution in [-0.2, 0) is 27.5 Å². The number of hydrogen-bond acceptors (Lipinski definition) is 8. The van der Waals surface area contributed by atoms with Gasteiger partial charge in [0.25, 0.3) is 5.91 Å². The van der Waals surface area contributed by atoms with E-state index in [1.807, 2.05) is 24.3 Å². The number of benzene rings is 3. The van der Waals surface area contributed by atoms with Gasteiger partial charge in [-0.3, -0.25) is 24.6 Å². The first-order valence-corrected chi connectivity index (χ1v) is 19.4. The van der Waals surface area contributed by atoms with E-state index in [9.17, 15) is 19.5 Å². The van der Waals surface area contributed by atoms with Gasteiger partial charge >= 0.3 is 0 Å². The van der Waals surface area contributed by atoms with E-state index in [0.717, 1.165) is 75.0 Å². The smallest absolute Gasteiger partial charge is 0.255 e. The summed E-state index contributed by atoms with van der Waals surface area (Å²) in [6.45, 7) is 8.23. The predicted octanol–water partition coefficient (Wildman–Crippen LogP) is 5.02. The number of anilines is 2. The number of phenolic OH excluding ortho intramolecular Hbond substituents is 1. The molecule has 0 aromatic heterocycles. The molecule has 272 valence electrons. The fourth-order valence-electron chi connectivity index (χ4n) is 9.37. The Morgan fingerprint density at radius 2 is 1.50 bits per heavy atom. The quantitative estimate of drug-likeness (QED) is 0.316. The molecule has 6 aliphatic rings. The predicted molar refractivity (Wildman–Crippen MR) is 198 cm³/mol. The molecule has 5 heterocycles. The Labute approximate surface area is 305 Å². The minimum Gasteiger partial charge on any atom is -0.508 e. The average molecular weight is 704 g/mol. The van der Waals surface area contributed by atoms with E-state index in [4.69, 9.17) is 4.74 Å². The Morgan fingerprint density at radius 1 is 0.750 bits per heavy atom. The number of carbonyl (C=O) groups is 3. The summed E-state index contributed by atoms with van der Waals surface area (Å²) in [4.78, 5) is 46.4. The minimum absolute atomic E-state index is 0.121. The highest BCUT2D eigenvalue weighted by atomic mass is 16.5. The van der Waals surface area contributed by atoms with E-state index in [2.05, 4.69) is 56.4 Å². The molecule has 9 rings (SSSR count). The number of piperazine rings is 1. The van der Waals surface area contributed by atoms with Crippen LogP contribution < -0.4 is 15.1 Å². The Kier molecular flexibility index (Phi) is 8.91. The van der Waals surface area contributed by atoms with Gasteiger partial charge in [0.2, 0.25) is 11.8 Å². The molecule has 4 fully saturated rings. The molecule has 3 saturated heterocycles. The molecule has 3 aromatic carbocycles. The van der Waals surface area contributed by atoms with Gasteiger partial charge in [0.15, 0.2) is 0 Å². The molecule has 5 aliphatic heterocycles. The molecule has 10 nitrogen and oxygen atoms in total. The van der Waals surface area contributed by atoms with Crippen molar-refractivity contribution in [2.24, 2.45) is 11.8 Å². The third kappa shape index (κ3) is 6.67. The summed E-state index contributed by atoms with van der Waals surface area (Å²) < 4.78 is 6.41. The zero-order valence-corrected chi connectivity index (χ0v) is 29.8. The third-order valence-corrected chi connectivity index (χ3v) is 12.5. The molecule has 10 heteroatoms. The van der Waals surface area contributed by atoms with Crippen molar-refractivity contribution >= 4 is 29.1 Å². The van der Waals surface area contributed by atoms with Gasteiger partial charge in [-0.1, -0.05) is 31.0 Å². The lowest BCUT2D eigenvalue weighted by atomic mass is 9.80. The van der Waals surface area contributed by atoms with Gasteiger partial charge < -0.3 is 24.5 Å². The highest BCUT2D eigenvalue weighted by molar-refractivity contribution is 6.05. The summed E-state index contributed by atoms with van der Waals surface area (Å²) in [7, 11) is 0. The standard InChI is InChI=1S/C42H49N5O5/c48-34-8-10-35-31(23-34)26-52-38(21-27-1-2-27)40(35)29-3-5-32(6-4-29)45-15-13-28(14-16-45)24-44-17-19-46(20-18-44)33-7-9-36-30(22-33)25-47(42(36)51)37-11-12-39(49)43-41(37)50/h3-10,22-23,27-28,37-38,40,48H,1-2,11-21,24-26H2,(H,43,49,50)/t37-,38+,40+/m0/s1. The van der Waals surface area contributed by atoms with Crippen LogP contribution in [0.4, 0.5) is 11.4 Å². The molecule has 0 radical (unpaired) electrons. The molecular formula is C42H49N5O5. The van der Waals surface area contributed by atoms with Crippen LogP contribution in [-0.4, -0.2) is 90.6 Å². The number of aromatic hydroxyl groups is 1. The number of rotatable bonds is 8. The second-order valence-corrected chi connectivity index (χ2v) is 15.9. The first-order chi connectivity index (χ1) is 25.4. The number of ether oxygens (including phenoxy) is 1. The maximum atomic E-state index is 13.1. The molecule has 1 saturated carbocycles. The number of imide groups is 1. The van der Waals surface area contributed by atoms with Crippen LogP contribution in [0.15, 0.2) is 60.7 Å². The van der Waals surface area contributed by atoms with Crippen LogP contribution in [0.25, 0.3) is 0 Å². The second kappa shape index (κ2) is 13.9. The largest absolute Gasteiger partial charge is 0.508 e.